The molecule has 2 aromatic carbocycles. The van der Waals surface area contributed by atoms with Crippen molar-refractivity contribution in [1.82, 2.24) is 4.98 Å². The highest BCUT2D eigenvalue weighted by atomic mass is 32.1. The summed E-state index contributed by atoms with van der Waals surface area (Å²) in [5.41, 5.74) is 5.11. The number of aromatic nitrogens is 1. The number of aryl methyl sites for hydroxylation is 1. The maximum absolute atomic E-state index is 12.3. The Bertz CT molecular complexity index is 1030. The molecule has 0 unspecified atom stereocenters. The van der Waals surface area contributed by atoms with E-state index in [0.717, 1.165) is 28.1 Å². The fraction of sp³-hybridized carbons (Fsp3) is 0.190. The van der Waals surface area contributed by atoms with E-state index in [4.69, 9.17) is 0 Å². The third-order valence-electron chi connectivity index (χ3n) is 4.42. The summed E-state index contributed by atoms with van der Waals surface area (Å²) < 4.78 is 0. The first-order valence-corrected chi connectivity index (χ1v) is 9.58. The van der Waals surface area contributed by atoms with Gasteiger partial charge >= 0.3 is 0 Å². The van der Waals surface area contributed by atoms with Crippen LogP contribution in [0.15, 0.2) is 48.7 Å². The highest BCUT2D eigenvalue weighted by molar-refractivity contribution is 7.15. The summed E-state index contributed by atoms with van der Waals surface area (Å²) in [6, 6.07) is 14.0. The van der Waals surface area contributed by atoms with Crippen LogP contribution >= 0.6 is 11.3 Å². The summed E-state index contributed by atoms with van der Waals surface area (Å²) in [5, 5.41) is 6.28. The molecule has 5 nitrogen and oxygen atoms in total. The molecule has 6 heteroatoms. The Kier molecular flexibility index (Phi) is 4.73. The van der Waals surface area contributed by atoms with E-state index >= 15 is 0 Å². The fourth-order valence-corrected chi connectivity index (χ4v) is 4.05. The molecule has 1 aromatic heterocycles. The van der Waals surface area contributed by atoms with Crippen LogP contribution in [-0.4, -0.2) is 16.8 Å². The molecule has 0 fully saturated rings. The lowest BCUT2D eigenvalue weighted by Crippen LogP contribution is -2.14. The summed E-state index contributed by atoms with van der Waals surface area (Å²) in [5.74, 6) is -0.119. The topological polar surface area (TPSA) is 71.1 Å². The lowest BCUT2D eigenvalue weighted by Gasteiger charge is -2.05. The van der Waals surface area contributed by atoms with Gasteiger partial charge in [-0.3, -0.25) is 9.59 Å². The maximum atomic E-state index is 12.3. The van der Waals surface area contributed by atoms with E-state index in [1.54, 1.807) is 0 Å². The van der Waals surface area contributed by atoms with Gasteiger partial charge in [-0.15, -0.1) is 11.3 Å². The van der Waals surface area contributed by atoms with Gasteiger partial charge in [0.05, 0.1) is 12.8 Å². The van der Waals surface area contributed by atoms with Crippen molar-refractivity contribution in [3.8, 4) is 0 Å². The predicted molar refractivity (Wildman–Crippen MR) is 107 cm³/mol. The van der Waals surface area contributed by atoms with Crippen LogP contribution in [0.2, 0.25) is 0 Å². The van der Waals surface area contributed by atoms with E-state index < -0.39 is 0 Å². The Hall–Kier alpha value is -2.99. The van der Waals surface area contributed by atoms with Crippen molar-refractivity contribution in [3.63, 3.8) is 0 Å². The fourth-order valence-electron chi connectivity index (χ4n) is 3.19. The first kappa shape index (κ1) is 17.4. The van der Waals surface area contributed by atoms with Gasteiger partial charge in [0.1, 0.15) is 0 Å². The molecule has 3 aromatic rings. The molecule has 27 heavy (non-hydrogen) atoms. The second-order valence-electron chi connectivity index (χ2n) is 6.74. The maximum Gasteiger partial charge on any atom is 0.230 e. The van der Waals surface area contributed by atoms with Gasteiger partial charge in [0.15, 0.2) is 5.13 Å². The zero-order valence-electron chi connectivity index (χ0n) is 14.9. The number of rotatable bonds is 5. The standard InChI is InChI=1S/C21H19N3O2S/c1-13-3-2-4-14(7-13)8-17-12-22-21(27-17)24-19(25)10-15-5-6-16-11-20(26)23-18(16)9-15/h2-7,9,12H,8,10-11H2,1H3,(H,23,26)(H,22,24,25). The Morgan fingerprint density at radius 1 is 1.22 bits per heavy atom. The summed E-state index contributed by atoms with van der Waals surface area (Å²) in [7, 11) is 0. The Morgan fingerprint density at radius 3 is 2.96 bits per heavy atom. The second-order valence-corrected chi connectivity index (χ2v) is 7.85. The minimum atomic E-state index is -0.115. The first-order chi connectivity index (χ1) is 13.0. The minimum Gasteiger partial charge on any atom is -0.326 e. The Labute approximate surface area is 161 Å². The molecule has 1 aliphatic heterocycles. The second kappa shape index (κ2) is 7.32. The number of nitrogens with zero attached hydrogens (tertiary/aromatic N) is 1. The number of thiazole rings is 1. The average Bonchev–Trinajstić information content (AvgIpc) is 3.19. The molecule has 0 radical (unpaired) electrons. The molecule has 0 atom stereocenters. The van der Waals surface area contributed by atoms with Gasteiger partial charge in [-0.05, 0) is 29.7 Å². The van der Waals surface area contributed by atoms with Crippen LogP contribution in [0.3, 0.4) is 0 Å². The normalized spacial score (nSPS) is 12.6. The van der Waals surface area contributed by atoms with E-state index in [-0.39, 0.29) is 18.2 Å². The monoisotopic (exact) mass is 377 g/mol. The van der Waals surface area contributed by atoms with Gasteiger partial charge in [-0.25, -0.2) is 4.98 Å². The molecule has 2 N–H and O–H groups in total. The van der Waals surface area contributed by atoms with E-state index in [2.05, 4.69) is 40.7 Å². The van der Waals surface area contributed by atoms with Crippen molar-refractivity contribution >= 4 is 34.0 Å². The SMILES string of the molecule is Cc1cccc(Cc2cnc(NC(=O)Cc3ccc4c(c3)NC(=O)C4)s2)c1. The van der Waals surface area contributed by atoms with Crippen LogP contribution in [0.5, 0.6) is 0 Å². The van der Waals surface area contributed by atoms with Crippen LogP contribution < -0.4 is 10.6 Å². The number of fused-ring (bicyclic) bond motifs is 1. The molecule has 2 heterocycles. The molecule has 0 saturated heterocycles. The minimum absolute atomic E-state index is 0.00414. The van der Waals surface area contributed by atoms with Crippen LogP contribution in [-0.2, 0) is 28.9 Å². The third kappa shape index (κ3) is 4.23. The number of anilines is 2. The predicted octanol–water partition coefficient (Wildman–Crippen LogP) is 3.72. The van der Waals surface area contributed by atoms with Crippen LogP contribution in [0.4, 0.5) is 10.8 Å². The quantitative estimate of drug-likeness (QED) is 0.712. The number of nitrogens with one attached hydrogen (secondary N) is 2. The average molecular weight is 377 g/mol. The Balaban J connectivity index is 1.37. The lowest BCUT2D eigenvalue weighted by molar-refractivity contribution is -0.116. The first-order valence-electron chi connectivity index (χ1n) is 8.77. The molecule has 1 aliphatic rings. The van der Waals surface area contributed by atoms with Gasteiger partial charge in [0, 0.05) is 23.2 Å². The highest BCUT2D eigenvalue weighted by Crippen LogP contribution is 2.25. The van der Waals surface area contributed by atoms with Gasteiger partial charge in [-0.2, -0.15) is 0 Å². The van der Waals surface area contributed by atoms with Crippen molar-refractivity contribution in [1.29, 1.82) is 0 Å². The van der Waals surface area contributed by atoms with E-state index in [1.807, 2.05) is 30.5 Å². The van der Waals surface area contributed by atoms with Crippen LogP contribution in [0.1, 0.15) is 27.1 Å². The summed E-state index contributed by atoms with van der Waals surface area (Å²) in [6.45, 7) is 2.08. The van der Waals surface area contributed by atoms with Gasteiger partial charge < -0.3 is 10.6 Å². The van der Waals surface area contributed by atoms with E-state index in [0.29, 0.717) is 11.6 Å². The molecule has 2 amide bonds. The van der Waals surface area contributed by atoms with E-state index in [9.17, 15) is 9.59 Å². The Morgan fingerprint density at radius 2 is 2.11 bits per heavy atom. The number of benzene rings is 2. The van der Waals surface area contributed by atoms with Crippen molar-refractivity contribution in [2.75, 3.05) is 10.6 Å². The third-order valence-corrected chi connectivity index (χ3v) is 5.34. The number of hydrogen-bond donors (Lipinski definition) is 2. The number of carbonyl (C=O) groups excluding carboxylic acids is 2. The molecular formula is C21H19N3O2S. The number of carbonyl (C=O) groups is 2. The zero-order chi connectivity index (χ0) is 18.8. The number of hydrogen-bond acceptors (Lipinski definition) is 4. The molecule has 0 spiro atoms. The molecule has 4 rings (SSSR count). The molecule has 136 valence electrons. The van der Waals surface area contributed by atoms with Crippen molar-refractivity contribution in [2.45, 2.75) is 26.2 Å². The molecular weight excluding hydrogens is 358 g/mol. The lowest BCUT2D eigenvalue weighted by atomic mass is 10.1. The number of amides is 2. The van der Waals surface area contributed by atoms with Crippen molar-refractivity contribution < 1.29 is 9.59 Å². The smallest absolute Gasteiger partial charge is 0.230 e. The molecule has 0 aliphatic carbocycles. The van der Waals surface area contributed by atoms with Crippen molar-refractivity contribution in [2.24, 2.45) is 0 Å². The van der Waals surface area contributed by atoms with Gasteiger partial charge in [-0.1, -0.05) is 42.0 Å². The molecule has 0 saturated carbocycles. The summed E-state index contributed by atoms with van der Waals surface area (Å²) in [6.07, 6.45) is 3.27. The summed E-state index contributed by atoms with van der Waals surface area (Å²) in [4.78, 5) is 29.2. The van der Waals surface area contributed by atoms with Gasteiger partial charge in [0.25, 0.3) is 0 Å². The van der Waals surface area contributed by atoms with Gasteiger partial charge in [0.2, 0.25) is 11.8 Å². The highest BCUT2D eigenvalue weighted by Gasteiger charge is 2.18. The van der Waals surface area contributed by atoms with Crippen LogP contribution in [0, 0.1) is 6.92 Å². The summed E-state index contributed by atoms with van der Waals surface area (Å²) >= 11 is 1.49. The molecule has 0 bridgehead atoms. The van der Waals surface area contributed by atoms with E-state index in [1.165, 1.54) is 22.5 Å². The van der Waals surface area contributed by atoms with Crippen LogP contribution in [0.25, 0.3) is 0 Å². The van der Waals surface area contributed by atoms with Crippen molar-refractivity contribution in [3.05, 3.63) is 75.8 Å². The largest absolute Gasteiger partial charge is 0.326 e. The zero-order valence-corrected chi connectivity index (χ0v) is 15.7.